The van der Waals surface area contributed by atoms with Gasteiger partial charge in [0, 0.05) is 12.6 Å². The van der Waals surface area contributed by atoms with E-state index in [1.807, 2.05) is 42.5 Å². The number of carbonyl (C=O) groups excluding carboxylic acids is 3. The van der Waals surface area contributed by atoms with Crippen LogP contribution in [0.3, 0.4) is 0 Å². The molecule has 1 fully saturated rings. The summed E-state index contributed by atoms with van der Waals surface area (Å²) in [5.74, 6) is -0.941. The summed E-state index contributed by atoms with van der Waals surface area (Å²) in [6.07, 6.45) is 1.50. The van der Waals surface area contributed by atoms with Crippen molar-refractivity contribution in [1.82, 2.24) is 4.90 Å². The van der Waals surface area contributed by atoms with Crippen LogP contribution in [-0.2, 0) is 26.3 Å². The van der Waals surface area contributed by atoms with Gasteiger partial charge in [-0.2, -0.15) is 8.42 Å². The third-order valence-corrected chi connectivity index (χ3v) is 8.74. The third-order valence-electron chi connectivity index (χ3n) is 6.31. The van der Waals surface area contributed by atoms with Crippen molar-refractivity contribution in [1.29, 1.82) is 0 Å². The number of halogens is 1. The fourth-order valence-corrected chi connectivity index (χ4v) is 6.49. The quantitative estimate of drug-likeness (QED) is 0.156. The minimum absolute atomic E-state index is 0.0371. The fourth-order valence-electron chi connectivity index (χ4n) is 4.39. The lowest BCUT2D eigenvalue weighted by Crippen LogP contribution is -2.27. The molecule has 1 saturated heterocycles. The van der Waals surface area contributed by atoms with Crippen molar-refractivity contribution in [3.05, 3.63) is 99.9 Å². The second kappa shape index (κ2) is 12.5. The van der Waals surface area contributed by atoms with Gasteiger partial charge in [-0.25, -0.2) is 0 Å². The van der Waals surface area contributed by atoms with E-state index in [-0.39, 0.29) is 45.4 Å². The maximum Gasteiger partial charge on any atom is 0.339 e. The monoisotopic (exact) mass is 636 g/mol. The molecule has 1 heterocycles. The number of fused-ring (bicyclic) bond motifs is 1. The topological polar surface area (TPSA) is 119 Å². The maximum atomic E-state index is 13.2. The van der Waals surface area contributed by atoms with Crippen molar-refractivity contribution in [2.75, 3.05) is 11.9 Å². The molecular weight excluding hydrogens is 612 g/mol. The van der Waals surface area contributed by atoms with E-state index in [0.717, 1.165) is 28.1 Å². The zero-order valence-electron chi connectivity index (χ0n) is 23.0. The average molecular weight is 637 g/mol. The number of carbonyl (C=O) groups is 3. The first-order valence-electron chi connectivity index (χ1n) is 13.1. The minimum Gasteiger partial charge on any atom is -0.490 e. The molecule has 9 nitrogen and oxygen atoms in total. The molecule has 0 radical (unpaired) electrons. The standard InChI is InChI=1S/C31H25ClN2O7S2/c1-3-40-27-16-21(15-26(32)29(27)41-43(38,39)25-12-10-24(11-13-25)33-19(2)35)17-28-30(36)34(31(37)42-28)18-20-8-9-22-6-4-5-7-23(22)14-20/h4-17H,3,18H2,1-2H3,(H,33,35)/b28-17-. The van der Waals surface area contributed by atoms with Gasteiger partial charge in [0.25, 0.3) is 11.1 Å². The molecule has 4 aromatic carbocycles. The van der Waals surface area contributed by atoms with Crippen molar-refractivity contribution in [3.8, 4) is 11.5 Å². The van der Waals surface area contributed by atoms with E-state index in [1.165, 1.54) is 54.3 Å². The van der Waals surface area contributed by atoms with Crippen LogP contribution in [0, 0.1) is 0 Å². The molecule has 0 bridgehead atoms. The molecule has 12 heteroatoms. The number of hydrogen-bond donors (Lipinski definition) is 1. The van der Waals surface area contributed by atoms with Crippen LogP contribution in [0.4, 0.5) is 10.5 Å². The molecular formula is C31H25ClN2O7S2. The largest absolute Gasteiger partial charge is 0.490 e. The number of rotatable bonds is 9. The highest BCUT2D eigenvalue weighted by molar-refractivity contribution is 8.18. The van der Waals surface area contributed by atoms with Gasteiger partial charge in [0.05, 0.1) is 23.1 Å². The van der Waals surface area contributed by atoms with Gasteiger partial charge in [-0.3, -0.25) is 19.3 Å². The summed E-state index contributed by atoms with van der Waals surface area (Å²) in [6, 6.07) is 21.9. The SMILES string of the molecule is CCOc1cc(/C=C2\SC(=O)N(Cc3ccc4ccccc4c3)C2=O)cc(Cl)c1OS(=O)(=O)c1ccc(NC(C)=O)cc1. The fraction of sp³-hybridized carbons (Fsp3) is 0.129. The van der Waals surface area contributed by atoms with E-state index >= 15 is 0 Å². The molecule has 4 aromatic rings. The molecule has 0 saturated carbocycles. The van der Waals surface area contributed by atoms with Gasteiger partial charge in [-0.15, -0.1) is 0 Å². The van der Waals surface area contributed by atoms with Crippen LogP contribution in [0.2, 0.25) is 5.02 Å². The van der Waals surface area contributed by atoms with Gasteiger partial charge in [0.2, 0.25) is 11.7 Å². The van der Waals surface area contributed by atoms with Gasteiger partial charge < -0.3 is 14.2 Å². The number of benzene rings is 4. The molecule has 3 amide bonds. The number of thioether (sulfide) groups is 1. The molecule has 43 heavy (non-hydrogen) atoms. The predicted octanol–water partition coefficient (Wildman–Crippen LogP) is 6.85. The molecule has 1 aliphatic rings. The first-order chi connectivity index (χ1) is 20.5. The minimum atomic E-state index is -4.33. The highest BCUT2D eigenvalue weighted by Crippen LogP contribution is 2.41. The molecule has 5 rings (SSSR count). The van der Waals surface area contributed by atoms with Crippen LogP contribution in [0.1, 0.15) is 25.0 Å². The summed E-state index contributed by atoms with van der Waals surface area (Å²) in [6.45, 7) is 3.34. The van der Waals surface area contributed by atoms with Crippen LogP contribution in [0.25, 0.3) is 16.8 Å². The van der Waals surface area contributed by atoms with Crippen molar-refractivity contribution in [2.45, 2.75) is 25.3 Å². The van der Waals surface area contributed by atoms with E-state index in [1.54, 1.807) is 6.92 Å². The number of nitrogens with zero attached hydrogens (tertiary/aromatic N) is 1. The summed E-state index contributed by atoms with van der Waals surface area (Å²) in [4.78, 5) is 38.4. The summed E-state index contributed by atoms with van der Waals surface area (Å²) in [5, 5.41) is 4.14. The van der Waals surface area contributed by atoms with Crippen LogP contribution >= 0.6 is 23.4 Å². The van der Waals surface area contributed by atoms with E-state index in [4.69, 9.17) is 20.5 Å². The number of amides is 3. The molecule has 0 aliphatic carbocycles. The van der Waals surface area contributed by atoms with Crippen molar-refractivity contribution in [2.24, 2.45) is 0 Å². The van der Waals surface area contributed by atoms with Crippen molar-refractivity contribution < 1.29 is 31.7 Å². The van der Waals surface area contributed by atoms with E-state index in [9.17, 15) is 22.8 Å². The summed E-state index contributed by atoms with van der Waals surface area (Å²) < 4.78 is 37.0. The van der Waals surface area contributed by atoms with Gasteiger partial charge in [0.1, 0.15) is 4.90 Å². The molecule has 0 unspecified atom stereocenters. The Balaban J connectivity index is 1.38. The molecule has 0 spiro atoms. The number of ether oxygens (including phenoxy) is 1. The normalized spacial score (nSPS) is 14.4. The lowest BCUT2D eigenvalue weighted by molar-refractivity contribution is -0.123. The van der Waals surface area contributed by atoms with E-state index in [0.29, 0.717) is 11.3 Å². The summed E-state index contributed by atoms with van der Waals surface area (Å²) in [7, 11) is -4.33. The smallest absolute Gasteiger partial charge is 0.339 e. The van der Waals surface area contributed by atoms with Crippen molar-refractivity contribution in [3.63, 3.8) is 0 Å². The molecule has 0 atom stereocenters. The second-order valence-corrected chi connectivity index (χ2v) is 12.4. The Hall–Kier alpha value is -4.32. The number of anilines is 1. The van der Waals surface area contributed by atoms with E-state index in [2.05, 4.69) is 5.32 Å². The maximum absolute atomic E-state index is 13.2. The van der Waals surface area contributed by atoms with Crippen LogP contribution in [-0.4, -0.2) is 37.0 Å². The number of nitrogens with one attached hydrogen (secondary N) is 1. The molecule has 1 aliphatic heterocycles. The Morgan fingerprint density at radius 3 is 2.42 bits per heavy atom. The van der Waals surface area contributed by atoms with Gasteiger partial charge >= 0.3 is 10.1 Å². The first-order valence-corrected chi connectivity index (χ1v) is 15.7. The van der Waals surface area contributed by atoms with Crippen LogP contribution < -0.4 is 14.2 Å². The van der Waals surface area contributed by atoms with Crippen LogP contribution in [0.5, 0.6) is 11.5 Å². The zero-order chi connectivity index (χ0) is 30.7. The predicted molar refractivity (Wildman–Crippen MR) is 167 cm³/mol. The summed E-state index contributed by atoms with van der Waals surface area (Å²) >= 11 is 7.27. The highest BCUT2D eigenvalue weighted by atomic mass is 35.5. The van der Waals surface area contributed by atoms with Crippen LogP contribution in [0.15, 0.2) is 88.7 Å². The molecule has 1 N–H and O–H groups in total. The van der Waals surface area contributed by atoms with Gasteiger partial charge in [0.15, 0.2) is 5.75 Å². The number of hydrogen-bond acceptors (Lipinski definition) is 8. The Kier molecular flexibility index (Phi) is 8.77. The van der Waals surface area contributed by atoms with Crippen molar-refractivity contribution >= 4 is 73.1 Å². The van der Waals surface area contributed by atoms with Gasteiger partial charge in [-0.05, 0) is 89.1 Å². The Bertz CT molecular complexity index is 1890. The Morgan fingerprint density at radius 1 is 1.00 bits per heavy atom. The zero-order valence-corrected chi connectivity index (χ0v) is 25.4. The first kappa shape index (κ1) is 30.1. The van der Waals surface area contributed by atoms with Gasteiger partial charge in [-0.1, -0.05) is 48.0 Å². The van der Waals surface area contributed by atoms with E-state index < -0.39 is 21.3 Å². The Morgan fingerprint density at radius 2 is 1.72 bits per heavy atom. The lowest BCUT2D eigenvalue weighted by atomic mass is 10.1. The molecule has 0 aromatic heterocycles. The number of imide groups is 1. The summed E-state index contributed by atoms with van der Waals surface area (Å²) in [5.41, 5.74) is 1.65. The lowest BCUT2D eigenvalue weighted by Gasteiger charge is -2.15. The highest BCUT2D eigenvalue weighted by Gasteiger charge is 2.35. The average Bonchev–Trinajstić information content (AvgIpc) is 3.22. The third kappa shape index (κ3) is 6.85. The Labute approximate surface area is 257 Å². The second-order valence-electron chi connectivity index (χ2n) is 9.46. The molecule has 220 valence electrons.